The molecule has 1 unspecified atom stereocenters. The van der Waals surface area contributed by atoms with Gasteiger partial charge in [0.05, 0.1) is 0 Å². The normalized spacial score (nSPS) is 19.5. The molecule has 0 aliphatic carbocycles. The molecular weight excluding hydrogens is 260 g/mol. The van der Waals surface area contributed by atoms with Crippen molar-refractivity contribution in [3.63, 3.8) is 0 Å². The van der Waals surface area contributed by atoms with Gasteiger partial charge in [0, 0.05) is 23.7 Å². The van der Waals surface area contributed by atoms with E-state index >= 15 is 0 Å². The van der Waals surface area contributed by atoms with Gasteiger partial charge in [0.1, 0.15) is 0 Å². The Labute approximate surface area is 119 Å². The molecule has 1 aromatic rings. The van der Waals surface area contributed by atoms with E-state index in [0.717, 1.165) is 31.6 Å². The van der Waals surface area contributed by atoms with E-state index in [9.17, 15) is 4.79 Å². The lowest BCUT2D eigenvalue weighted by Crippen LogP contribution is -2.42. The number of piperidine rings is 1. The summed E-state index contributed by atoms with van der Waals surface area (Å²) in [6, 6.07) is 5.55. The largest absolute Gasteiger partial charge is 0.338 e. The number of hydrogen-bond donors (Lipinski definition) is 1. The van der Waals surface area contributed by atoms with Crippen LogP contribution in [0.2, 0.25) is 5.02 Å². The molecule has 1 N–H and O–H groups in total. The minimum Gasteiger partial charge on any atom is -0.338 e. The summed E-state index contributed by atoms with van der Waals surface area (Å²) in [6.45, 7) is 4.62. The van der Waals surface area contributed by atoms with Gasteiger partial charge in [-0.3, -0.25) is 4.79 Å². The summed E-state index contributed by atoms with van der Waals surface area (Å²) in [7, 11) is 1.96. The van der Waals surface area contributed by atoms with E-state index in [-0.39, 0.29) is 5.91 Å². The van der Waals surface area contributed by atoms with Gasteiger partial charge in [0.15, 0.2) is 0 Å². The lowest BCUT2D eigenvalue weighted by Gasteiger charge is -2.32. The second kappa shape index (κ2) is 6.40. The van der Waals surface area contributed by atoms with Crippen molar-refractivity contribution < 1.29 is 4.79 Å². The van der Waals surface area contributed by atoms with Crippen LogP contribution in [0.25, 0.3) is 0 Å². The number of nitrogens with one attached hydrogen (secondary N) is 1. The van der Waals surface area contributed by atoms with Crippen LogP contribution in [0.15, 0.2) is 18.2 Å². The first kappa shape index (κ1) is 14.4. The van der Waals surface area contributed by atoms with Gasteiger partial charge < -0.3 is 10.2 Å². The zero-order valence-corrected chi connectivity index (χ0v) is 12.3. The lowest BCUT2D eigenvalue weighted by atomic mass is 9.97. The van der Waals surface area contributed by atoms with Gasteiger partial charge in [0.2, 0.25) is 0 Å². The standard InChI is InChI=1S/C15H21ClN2O/c1-11-6-13(8-14(16)7-11)15(19)18-5-3-4-12(10-18)9-17-2/h6-8,12,17H,3-5,9-10H2,1-2H3. The topological polar surface area (TPSA) is 32.3 Å². The molecule has 4 heteroatoms. The van der Waals surface area contributed by atoms with Crippen molar-refractivity contribution >= 4 is 17.5 Å². The first-order valence-corrected chi connectivity index (χ1v) is 7.19. The van der Waals surface area contributed by atoms with Crippen LogP contribution in [-0.2, 0) is 0 Å². The molecule has 104 valence electrons. The molecule has 1 aliphatic heterocycles. The molecular formula is C15H21ClN2O. The van der Waals surface area contributed by atoms with E-state index < -0.39 is 0 Å². The summed E-state index contributed by atoms with van der Waals surface area (Å²) in [5.41, 5.74) is 1.73. The molecule has 1 atom stereocenters. The molecule has 1 aromatic carbocycles. The number of likely N-dealkylation sites (tertiary alicyclic amines) is 1. The minimum atomic E-state index is 0.103. The monoisotopic (exact) mass is 280 g/mol. The maximum atomic E-state index is 12.5. The molecule has 0 bridgehead atoms. The molecule has 0 saturated carbocycles. The van der Waals surface area contributed by atoms with Gasteiger partial charge in [-0.05, 0) is 63.0 Å². The van der Waals surface area contributed by atoms with E-state index in [4.69, 9.17) is 11.6 Å². The Hall–Kier alpha value is -1.06. The SMILES string of the molecule is CNCC1CCCN(C(=O)c2cc(C)cc(Cl)c2)C1. The van der Waals surface area contributed by atoms with E-state index in [1.54, 1.807) is 6.07 Å². The summed E-state index contributed by atoms with van der Waals surface area (Å²) in [5, 5.41) is 3.83. The quantitative estimate of drug-likeness (QED) is 0.923. The Morgan fingerprint density at radius 1 is 1.47 bits per heavy atom. The lowest BCUT2D eigenvalue weighted by molar-refractivity contribution is 0.0674. The average molecular weight is 281 g/mol. The Morgan fingerprint density at radius 2 is 2.26 bits per heavy atom. The van der Waals surface area contributed by atoms with Gasteiger partial charge >= 0.3 is 0 Å². The summed E-state index contributed by atoms with van der Waals surface area (Å²) in [5.74, 6) is 0.661. The molecule has 1 fully saturated rings. The first-order chi connectivity index (χ1) is 9.10. The third-order valence-electron chi connectivity index (χ3n) is 3.59. The van der Waals surface area contributed by atoms with Crippen molar-refractivity contribution in [1.29, 1.82) is 0 Å². The van der Waals surface area contributed by atoms with Crippen LogP contribution in [0.3, 0.4) is 0 Å². The van der Waals surface area contributed by atoms with Gasteiger partial charge in [0.25, 0.3) is 5.91 Å². The summed E-state index contributed by atoms with van der Waals surface area (Å²) in [4.78, 5) is 14.5. The van der Waals surface area contributed by atoms with Crippen LogP contribution in [0, 0.1) is 12.8 Å². The predicted molar refractivity (Wildman–Crippen MR) is 78.7 cm³/mol. The third-order valence-corrected chi connectivity index (χ3v) is 3.81. The number of hydrogen-bond acceptors (Lipinski definition) is 2. The zero-order chi connectivity index (χ0) is 13.8. The summed E-state index contributed by atoms with van der Waals surface area (Å²) in [6.07, 6.45) is 2.27. The van der Waals surface area contributed by atoms with E-state index in [1.807, 2.05) is 31.0 Å². The fourth-order valence-corrected chi connectivity index (χ4v) is 3.04. The number of amides is 1. The Morgan fingerprint density at radius 3 is 2.95 bits per heavy atom. The van der Waals surface area contributed by atoms with Crippen molar-refractivity contribution in [3.8, 4) is 0 Å². The van der Waals surface area contributed by atoms with E-state index in [0.29, 0.717) is 16.5 Å². The van der Waals surface area contributed by atoms with Gasteiger partial charge in [-0.25, -0.2) is 0 Å². The number of carbonyl (C=O) groups excluding carboxylic acids is 1. The maximum absolute atomic E-state index is 12.5. The fraction of sp³-hybridized carbons (Fsp3) is 0.533. The highest BCUT2D eigenvalue weighted by Crippen LogP contribution is 2.20. The maximum Gasteiger partial charge on any atom is 0.253 e. The smallest absolute Gasteiger partial charge is 0.253 e. The highest BCUT2D eigenvalue weighted by Gasteiger charge is 2.24. The zero-order valence-electron chi connectivity index (χ0n) is 11.6. The van der Waals surface area contributed by atoms with Crippen molar-refractivity contribution in [3.05, 3.63) is 34.3 Å². The van der Waals surface area contributed by atoms with Crippen LogP contribution in [-0.4, -0.2) is 37.5 Å². The predicted octanol–water partition coefficient (Wildman–Crippen LogP) is 2.72. The number of halogens is 1. The van der Waals surface area contributed by atoms with Crippen LogP contribution in [0.4, 0.5) is 0 Å². The van der Waals surface area contributed by atoms with Gasteiger partial charge in [-0.15, -0.1) is 0 Å². The average Bonchev–Trinajstić information content (AvgIpc) is 2.37. The molecule has 1 amide bonds. The second-order valence-corrected chi connectivity index (χ2v) is 5.77. The molecule has 2 rings (SSSR count). The Bertz CT molecular complexity index is 439. The van der Waals surface area contributed by atoms with E-state index in [2.05, 4.69) is 5.32 Å². The number of aryl methyl sites for hydroxylation is 1. The summed E-state index contributed by atoms with van der Waals surface area (Å²) >= 11 is 6.03. The van der Waals surface area contributed by atoms with Crippen LogP contribution < -0.4 is 5.32 Å². The molecule has 0 aromatic heterocycles. The van der Waals surface area contributed by atoms with Crippen molar-refractivity contribution in [2.75, 3.05) is 26.7 Å². The molecule has 19 heavy (non-hydrogen) atoms. The molecule has 0 radical (unpaired) electrons. The van der Waals surface area contributed by atoms with E-state index in [1.165, 1.54) is 6.42 Å². The number of nitrogens with zero attached hydrogens (tertiary/aromatic N) is 1. The van der Waals surface area contributed by atoms with Crippen molar-refractivity contribution in [2.45, 2.75) is 19.8 Å². The highest BCUT2D eigenvalue weighted by molar-refractivity contribution is 6.31. The Kier molecular flexibility index (Phi) is 4.83. The number of rotatable bonds is 3. The minimum absolute atomic E-state index is 0.103. The van der Waals surface area contributed by atoms with Gasteiger partial charge in [-0.2, -0.15) is 0 Å². The Balaban J connectivity index is 2.10. The number of benzene rings is 1. The summed E-state index contributed by atoms with van der Waals surface area (Å²) < 4.78 is 0. The van der Waals surface area contributed by atoms with Gasteiger partial charge in [-0.1, -0.05) is 11.6 Å². The molecule has 3 nitrogen and oxygen atoms in total. The second-order valence-electron chi connectivity index (χ2n) is 5.33. The first-order valence-electron chi connectivity index (χ1n) is 6.81. The molecule has 1 saturated heterocycles. The fourth-order valence-electron chi connectivity index (χ4n) is 2.75. The highest BCUT2D eigenvalue weighted by atomic mass is 35.5. The van der Waals surface area contributed by atoms with Crippen LogP contribution in [0.1, 0.15) is 28.8 Å². The molecule has 1 aliphatic rings. The number of carbonyl (C=O) groups is 1. The van der Waals surface area contributed by atoms with Crippen LogP contribution in [0.5, 0.6) is 0 Å². The van der Waals surface area contributed by atoms with Crippen LogP contribution >= 0.6 is 11.6 Å². The molecule has 0 spiro atoms. The van der Waals surface area contributed by atoms with Crippen molar-refractivity contribution in [2.24, 2.45) is 5.92 Å². The van der Waals surface area contributed by atoms with Crippen molar-refractivity contribution in [1.82, 2.24) is 10.2 Å². The third kappa shape index (κ3) is 3.71. The molecule has 1 heterocycles.